The Morgan fingerprint density at radius 3 is 2.38 bits per heavy atom. The van der Waals surface area contributed by atoms with Gasteiger partial charge in [-0.05, 0) is 42.8 Å². The maximum atomic E-state index is 13.2. The highest BCUT2D eigenvalue weighted by Gasteiger charge is 2.30. The van der Waals surface area contributed by atoms with Gasteiger partial charge in [0.25, 0.3) is 0 Å². The fraction of sp³-hybridized carbons (Fsp3) is 0.143. The number of benzene rings is 2. The third kappa shape index (κ3) is 3.48. The number of hydrogen-bond acceptors (Lipinski definition) is 5. The van der Waals surface area contributed by atoms with Crippen LogP contribution in [-0.2, 0) is 9.84 Å². The van der Waals surface area contributed by atoms with Gasteiger partial charge in [-0.15, -0.1) is 0 Å². The molecule has 0 unspecified atom stereocenters. The van der Waals surface area contributed by atoms with E-state index in [2.05, 4.69) is 0 Å². The van der Waals surface area contributed by atoms with Crippen LogP contribution in [0.15, 0.2) is 41.3 Å². The van der Waals surface area contributed by atoms with E-state index in [4.69, 9.17) is 4.74 Å². The first kappa shape index (κ1) is 17.7. The first-order valence-electron chi connectivity index (χ1n) is 6.37. The van der Waals surface area contributed by atoms with Gasteiger partial charge in [-0.25, -0.2) is 12.8 Å². The summed E-state index contributed by atoms with van der Waals surface area (Å²) in [6.45, 7) is 1.45. The van der Waals surface area contributed by atoms with Crippen LogP contribution in [0.25, 0.3) is 0 Å². The lowest BCUT2D eigenvalue weighted by atomic mass is 10.2. The monoisotopic (exact) mass is 361 g/mol. The Bertz CT molecular complexity index is 899. The van der Waals surface area contributed by atoms with E-state index in [0.717, 1.165) is 18.2 Å². The van der Waals surface area contributed by atoms with Crippen LogP contribution in [0.2, 0.25) is 0 Å². The topological polar surface area (TPSA) is 86.5 Å². The first-order valence-corrected chi connectivity index (χ1v) is 7.92. The quantitative estimate of drug-likeness (QED) is 0.597. The Morgan fingerprint density at radius 2 is 1.83 bits per heavy atom. The molecular weight excluding hydrogens is 351 g/mol. The first-order chi connectivity index (χ1) is 11.1. The van der Waals surface area contributed by atoms with Gasteiger partial charge in [0.05, 0.1) is 9.82 Å². The Hall–Kier alpha value is -2.62. The van der Waals surface area contributed by atoms with Crippen molar-refractivity contribution in [3.63, 3.8) is 0 Å². The van der Waals surface area contributed by atoms with E-state index in [1.807, 2.05) is 0 Å². The van der Waals surface area contributed by atoms with Gasteiger partial charge in [-0.3, -0.25) is 10.1 Å². The molecule has 0 saturated heterocycles. The van der Waals surface area contributed by atoms with E-state index in [1.165, 1.54) is 19.1 Å². The Morgan fingerprint density at radius 1 is 1.17 bits per heavy atom. The summed E-state index contributed by atoms with van der Waals surface area (Å²) in [6.07, 6.45) is 0. The molecule has 0 aromatic heterocycles. The van der Waals surface area contributed by atoms with Crippen LogP contribution in [-0.4, -0.2) is 19.1 Å². The lowest BCUT2D eigenvalue weighted by Gasteiger charge is -2.09. The summed E-state index contributed by atoms with van der Waals surface area (Å²) in [5, 5.41) is 11.1. The third-order valence-corrected chi connectivity index (χ3v) is 4.43. The van der Waals surface area contributed by atoms with Crippen LogP contribution in [0.1, 0.15) is 5.56 Å². The molecule has 128 valence electrons. The third-order valence-electron chi connectivity index (χ3n) is 3.05. The number of nitrogens with zero attached hydrogens (tertiary/aromatic N) is 1. The summed E-state index contributed by atoms with van der Waals surface area (Å²) in [4.78, 5) is 9.21. The molecule has 2 aromatic carbocycles. The average molecular weight is 361 g/mol. The fourth-order valence-corrected chi connectivity index (χ4v) is 2.55. The number of alkyl halides is 2. The number of nitro groups is 1. The van der Waals surface area contributed by atoms with E-state index in [9.17, 15) is 31.7 Å². The van der Waals surface area contributed by atoms with Gasteiger partial charge in [0.15, 0.2) is 0 Å². The molecule has 0 bridgehead atoms. The Labute approximate surface area is 134 Å². The van der Waals surface area contributed by atoms with Crippen LogP contribution >= 0.6 is 0 Å². The van der Waals surface area contributed by atoms with E-state index >= 15 is 0 Å². The highest BCUT2D eigenvalue weighted by atomic mass is 32.2. The normalized spacial score (nSPS) is 11.5. The molecule has 0 amide bonds. The van der Waals surface area contributed by atoms with E-state index in [-0.39, 0.29) is 17.1 Å². The second-order valence-electron chi connectivity index (χ2n) is 4.71. The van der Waals surface area contributed by atoms with Gasteiger partial charge in [-0.2, -0.15) is 8.78 Å². The van der Waals surface area contributed by atoms with Crippen molar-refractivity contribution in [2.24, 2.45) is 0 Å². The summed E-state index contributed by atoms with van der Waals surface area (Å²) < 4.78 is 66.3. The summed E-state index contributed by atoms with van der Waals surface area (Å²) in [7, 11) is -4.98. The molecule has 2 rings (SSSR count). The number of nitro benzene ring substituents is 1. The molecule has 0 aliphatic heterocycles. The van der Waals surface area contributed by atoms with E-state index < -0.39 is 36.9 Å². The van der Waals surface area contributed by atoms with Gasteiger partial charge in [0, 0.05) is 6.07 Å². The van der Waals surface area contributed by atoms with Crippen molar-refractivity contribution < 1.29 is 31.2 Å². The molecule has 0 fully saturated rings. The highest BCUT2D eigenvalue weighted by molar-refractivity contribution is 7.91. The van der Waals surface area contributed by atoms with Gasteiger partial charge in [0.1, 0.15) is 11.6 Å². The molecule has 0 atom stereocenters. The van der Waals surface area contributed by atoms with E-state index in [0.29, 0.717) is 6.07 Å². The van der Waals surface area contributed by atoms with Crippen molar-refractivity contribution in [3.05, 3.63) is 57.9 Å². The lowest BCUT2D eigenvalue weighted by molar-refractivity contribution is -0.385. The maximum absolute atomic E-state index is 13.2. The molecule has 6 nitrogen and oxygen atoms in total. The predicted molar refractivity (Wildman–Crippen MR) is 77.5 cm³/mol. The smallest absolute Gasteiger partial charge is 0.341 e. The van der Waals surface area contributed by atoms with Crippen molar-refractivity contribution in [1.82, 2.24) is 0 Å². The van der Waals surface area contributed by atoms with Gasteiger partial charge in [0.2, 0.25) is 15.6 Å². The average Bonchev–Trinajstić information content (AvgIpc) is 2.50. The van der Waals surface area contributed by atoms with Gasteiger partial charge < -0.3 is 4.74 Å². The zero-order valence-electron chi connectivity index (χ0n) is 12.1. The number of halogens is 3. The van der Waals surface area contributed by atoms with Crippen molar-refractivity contribution in [1.29, 1.82) is 0 Å². The molecule has 24 heavy (non-hydrogen) atoms. The predicted octanol–water partition coefficient (Wildman–Crippen LogP) is 3.83. The summed E-state index contributed by atoms with van der Waals surface area (Å²) >= 11 is 0. The minimum absolute atomic E-state index is 0.0708. The van der Waals surface area contributed by atoms with Crippen LogP contribution in [0.3, 0.4) is 0 Å². The van der Waals surface area contributed by atoms with Crippen LogP contribution in [0, 0.1) is 22.9 Å². The van der Waals surface area contributed by atoms with Gasteiger partial charge in [-0.1, -0.05) is 0 Å². The molecule has 0 saturated carbocycles. The van der Waals surface area contributed by atoms with Gasteiger partial charge >= 0.3 is 11.4 Å². The molecule has 0 heterocycles. The standard InChI is InChI=1S/C14H10F3NO5S/c1-8-6-9(2-4-11(8)15)23-13-5-3-10(7-12(13)18(19)20)24(21,22)14(16)17/h2-7,14H,1H3. The number of ether oxygens (including phenoxy) is 1. The largest absolute Gasteiger partial charge is 0.450 e. The maximum Gasteiger partial charge on any atom is 0.341 e. The second-order valence-corrected chi connectivity index (χ2v) is 6.62. The van der Waals surface area contributed by atoms with Crippen LogP contribution in [0.5, 0.6) is 11.5 Å². The zero-order chi connectivity index (χ0) is 18.1. The van der Waals surface area contributed by atoms with E-state index in [1.54, 1.807) is 0 Å². The molecular formula is C14H10F3NO5S. The summed E-state index contributed by atoms with van der Waals surface area (Å²) in [6, 6.07) is 5.75. The molecule has 0 aliphatic rings. The zero-order valence-corrected chi connectivity index (χ0v) is 12.9. The highest BCUT2D eigenvalue weighted by Crippen LogP contribution is 2.34. The molecule has 0 aliphatic carbocycles. The van der Waals surface area contributed by atoms with Crippen molar-refractivity contribution >= 4 is 15.5 Å². The van der Waals surface area contributed by atoms with Crippen LogP contribution in [0.4, 0.5) is 18.9 Å². The Kier molecular flexibility index (Phi) is 4.78. The molecule has 0 N–H and O–H groups in total. The van der Waals surface area contributed by atoms with Crippen molar-refractivity contribution in [3.8, 4) is 11.5 Å². The number of sulfone groups is 1. The number of hydrogen-bond donors (Lipinski definition) is 0. The minimum atomic E-state index is -4.98. The summed E-state index contributed by atoms with van der Waals surface area (Å²) in [5.41, 5.74) is -0.578. The number of aryl methyl sites for hydroxylation is 1. The SMILES string of the molecule is Cc1cc(Oc2ccc(S(=O)(=O)C(F)F)cc2[N+](=O)[O-])ccc1F. The molecule has 10 heteroatoms. The minimum Gasteiger partial charge on any atom is -0.450 e. The lowest BCUT2D eigenvalue weighted by Crippen LogP contribution is -2.11. The van der Waals surface area contributed by atoms with Crippen LogP contribution < -0.4 is 4.74 Å². The molecule has 2 aromatic rings. The second kappa shape index (κ2) is 6.48. The fourth-order valence-electron chi connectivity index (χ4n) is 1.81. The molecule has 0 spiro atoms. The number of rotatable bonds is 5. The molecule has 0 radical (unpaired) electrons. The van der Waals surface area contributed by atoms with Crippen molar-refractivity contribution in [2.45, 2.75) is 17.6 Å². The van der Waals surface area contributed by atoms with Crippen molar-refractivity contribution in [2.75, 3.05) is 0 Å². The summed E-state index contributed by atoms with van der Waals surface area (Å²) in [5.74, 6) is -4.50. The Balaban J connectivity index is 2.47.